The van der Waals surface area contributed by atoms with Crippen LogP contribution in [-0.4, -0.2) is 18.1 Å². The normalized spacial score (nSPS) is 26.3. The summed E-state index contributed by atoms with van der Waals surface area (Å²) in [7, 11) is 0. The van der Waals surface area contributed by atoms with E-state index in [1.54, 1.807) is 0 Å². The van der Waals surface area contributed by atoms with Gasteiger partial charge in [-0.15, -0.1) is 12.4 Å². The quantitative estimate of drug-likeness (QED) is 0.838. The minimum Gasteiger partial charge on any atom is -0.487 e. The van der Waals surface area contributed by atoms with E-state index in [0.29, 0.717) is 0 Å². The maximum Gasteiger partial charge on any atom is 0.234 e. The van der Waals surface area contributed by atoms with E-state index in [1.807, 2.05) is 27.7 Å². The van der Waals surface area contributed by atoms with E-state index in [4.69, 9.17) is 10.5 Å². The first-order valence-electron chi connectivity index (χ1n) is 7.16. The highest BCUT2D eigenvalue weighted by molar-refractivity contribution is 6.07. The molecule has 21 heavy (non-hydrogen) atoms. The van der Waals surface area contributed by atoms with Gasteiger partial charge >= 0.3 is 0 Å². The number of rotatable bonds is 1. The first-order valence-corrected chi connectivity index (χ1v) is 7.16. The number of benzene rings is 1. The monoisotopic (exact) mass is 310 g/mol. The fraction of sp³-hybridized carbons (Fsp3) is 0.562. The Hall–Kier alpha value is -1.26. The molecule has 0 radical (unpaired) electrons. The van der Waals surface area contributed by atoms with Gasteiger partial charge in [0.1, 0.15) is 11.9 Å². The summed E-state index contributed by atoms with van der Waals surface area (Å²) in [5.41, 5.74) is 9.66. The van der Waals surface area contributed by atoms with Crippen molar-refractivity contribution in [3.8, 4) is 5.75 Å². The number of fused-ring (bicyclic) bond motifs is 3. The molecule has 3 unspecified atom stereocenters. The average molecular weight is 311 g/mol. The number of carbonyl (C=O) groups excluding carboxylic acids is 1. The van der Waals surface area contributed by atoms with Crippen molar-refractivity contribution in [2.45, 2.75) is 58.1 Å². The predicted molar refractivity (Wildman–Crippen MR) is 86.6 cm³/mol. The largest absolute Gasteiger partial charge is 0.487 e. The molecule has 116 valence electrons. The van der Waals surface area contributed by atoms with E-state index >= 15 is 0 Å². The zero-order chi connectivity index (χ0) is 14.8. The van der Waals surface area contributed by atoms with Crippen molar-refractivity contribution in [1.82, 2.24) is 0 Å². The molecule has 0 bridgehead atoms. The van der Waals surface area contributed by atoms with E-state index in [9.17, 15) is 4.79 Å². The summed E-state index contributed by atoms with van der Waals surface area (Å²) in [5, 5.41) is 2.99. The number of anilines is 1. The van der Waals surface area contributed by atoms with Crippen LogP contribution in [0.25, 0.3) is 0 Å². The highest BCUT2D eigenvalue weighted by atomic mass is 35.5. The minimum atomic E-state index is -0.558. The first-order chi connectivity index (χ1) is 9.25. The number of aryl methyl sites for hydroxylation is 1. The Bertz CT molecular complexity index is 611. The number of nitrogens with two attached hydrogens (primary N) is 1. The Morgan fingerprint density at radius 1 is 1.43 bits per heavy atom. The fourth-order valence-corrected chi connectivity index (χ4v) is 3.41. The molecule has 4 nitrogen and oxygen atoms in total. The molecule has 2 aliphatic rings. The molecule has 0 aromatic heterocycles. The number of hydrogen-bond donors (Lipinski definition) is 2. The Balaban J connectivity index is 0.00000161. The standard InChI is InChI=1S/C16H22N2O2.ClH/c1-7-6-10-8(2)13(9(3)17)20-14(10)11-12(7)18-15(19)16(11,4)5;/h6,8-9,13H,17H2,1-5H3,(H,18,19);1H. The summed E-state index contributed by atoms with van der Waals surface area (Å²) in [6.07, 6.45) is -0.0256. The zero-order valence-corrected chi connectivity index (χ0v) is 13.9. The lowest BCUT2D eigenvalue weighted by atomic mass is 9.82. The van der Waals surface area contributed by atoms with Crippen LogP contribution in [0.5, 0.6) is 5.75 Å². The van der Waals surface area contributed by atoms with Crippen molar-refractivity contribution in [3.63, 3.8) is 0 Å². The van der Waals surface area contributed by atoms with Gasteiger partial charge in [0.05, 0.1) is 11.1 Å². The van der Waals surface area contributed by atoms with Crippen LogP contribution in [0, 0.1) is 6.92 Å². The van der Waals surface area contributed by atoms with Gasteiger partial charge in [-0.05, 0) is 39.3 Å². The Morgan fingerprint density at radius 2 is 2.05 bits per heavy atom. The molecule has 3 N–H and O–H groups in total. The summed E-state index contributed by atoms with van der Waals surface area (Å²) in [4.78, 5) is 12.2. The van der Waals surface area contributed by atoms with E-state index in [0.717, 1.165) is 22.6 Å². The topological polar surface area (TPSA) is 64.3 Å². The van der Waals surface area contributed by atoms with Gasteiger partial charge in [-0.25, -0.2) is 0 Å². The van der Waals surface area contributed by atoms with Gasteiger partial charge in [-0.3, -0.25) is 4.79 Å². The van der Waals surface area contributed by atoms with Gasteiger partial charge < -0.3 is 15.8 Å². The van der Waals surface area contributed by atoms with Crippen molar-refractivity contribution in [1.29, 1.82) is 0 Å². The molecule has 1 amide bonds. The smallest absolute Gasteiger partial charge is 0.234 e. The van der Waals surface area contributed by atoms with Crippen molar-refractivity contribution >= 4 is 24.0 Å². The van der Waals surface area contributed by atoms with Gasteiger partial charge in [-0.2, -0.15) is 0 Å². The molecule has 2 heterocycles. The van der Waals surface area contributed by atoms with Gasteiger partial charge in [0.25, 0.3) is 0 Å². The summed E-state index contributed by atoms with van der Waals surface area (Å²) in [6, 6.07) is 2.09. The second-order valence-corrected chi connectivity index (χ2v) is 6.67. The molecule has 1 aromatic rings. The van der Waals surface area contributed by atoms with E-state index in [1.165, 1.54) is 5.56 Å². The van der Waals surface area contributed by atoms with Crippen LogP contribution in [0.15, 0.2) is 6.07 Å². The van der Waals surface area contributed by atoms with Crippen LogP contribution in [0.4, 0.5) is 5.69 Å². The molecule has 0 aliphatic carbocycles. The molecule has 0 spiro atoms. The third-order valence-electron chi connectivity index (χ3n) is 4.69. The second-order valence-electron chi connectivity index (χ2n) is 6.67. The first kappa shape index (κ1) is 16.1. The van der Waals surface area contributed by atoms with E-state index < -0.39 is 5.41 Å². The zero-order valence-electron chi connectivity index (χ0n) is 13.1. The third kappa shape index (κ3) is 2.04. The van der Waals surface area contributed by atoms with Crippen LogP contribution < -0.4 is 15.8 Å². The van der Waals surface area contributed by atoms with Crippen molar-refractivity contribution in [2.24, 2.45) is 5.73 Å². The maximum absolute atomic E-state index is 12.2. The number of amides is 1. The summed E-state index contributed by atoms with van der Waals surface area (Å²) in [5.74, 6) is 1.15. The van der Waals surface area contributed by atoms with E-state index in [-0.39, 0.29) is 36.4 Å². The molecule has 0 fully saturated rings. The average Bonchev–Trinajstić information content (AvgIpc) is 2.78. The lowest BCUT2D eigenvalue weighted by molar-refractivity contribution is -0.119. The molecule has 0 saturated carbocycles. The number of carbonyl (C=O) groups is 1. The van der Waals surface area contributed by atoms with Gasteiger partial charge in [0.2, 0.25) is 5.91 Å². The lowest BCUT2D eigenvalue weighted by Crippen LogP contribution is -2.37. The van der Waals surface area contributed by atoms with Crippen molar-refractivity contribution in [2.75, 3.05) is 5.32 Å². The SMILES string of the molecule is Cc1cc2c(c3c1NC(=O)C3(C)C)OC(C(C)N)C2C.Cl. The van der Waals surface area contributed by atoms with Crippen molar-refractivity contribution < 1.29 is 9.53 Å². The van der Waals surface area contributed by atoms with Crippen LogP contribution in [-0.2, 0) is 10.2 Å². The van der Waals surface area contributed by atoms with Crippen LogP contribution in [0.3, 0.4) is 0 Å². The molecular weight excluding hydrogens is 288 g/mol. The summed E-state index contributed by atoms with van der Waals surface area (Å²) in [6.45, 7) is 10.0. The lowest BCUT2D eigenvalue weighted by Gasteiger charge is -2.21. The number of hydrogen-bond acceptors (Lipinski definition) is 3. The number of halogens is 1. The number of ether oxygens (including phenoxy) is 1. The Labute approximate surface area is 131 Å². The molecule has 2 aliphatic heterocycles. The second kappa shape index (κ2) is 4.89. The van der Waals surface area contributed by atoms with Gasteiger partial charge in [0.15, 0.2) is 0 Å². The van der Waals surface area contributed by atoms with Crippen LogP contribution >= 0.6 is 12.4 Å². The van der Waals surface area contributed by atoms with Crippen LogP contribution in [0.2, 0.25) is 0 Å². The number of nitrogens with one attached hydrogen (secondary N) is 1. The third-order valence-corrected chi connectivity index (χ3v) is 4.69. The minimum absolute atomic E-state index is 0. The Kier molecular flexibility index (Phi) is 3.75. The maximum atomic E-state index is 12.2. The predicted octanol–water partition coefficient (Wildman–Crippen LogP) is 2.86. The molecule has 3 atom stereocenters. The van der Waals surface area contributed by atoms with Crippen molar-refractivity contribution in [3.05, 3.63) is 22.8 Å². The molecular formula is C16H23ClN2O2. The molecule has 3 rings (SSSR count). The van der Waals surface area contributed by atoms with Gasteiger partial charge in [0, 0.05) is 23.1 Å². The molecule has 0 saturated heterocycles. The van der Waals surface area contributed by atoms with E-state index in [2.05, 4.69) is 18.3 Å². The molecule has 5 heteroatoms. The highest BCUT2D eigenvalue weighted by Gasteiger charge is 2.46. The van der Waals surface area contributed by atoms with Gasteiger partial charge in [-0.1, -0.05) is 6.92 Å². The fourth-order valence-electron chi connectivity index (χ4n) is 3.41. The summed E-state index contributed by atoms with van der Waals surface area (Å²) >= 11 is 0. The highest BCUT2D eigenvalue weighted by Crippen LogP contribution is 2.52. The molecule has 1 aromatic carbocycles. The Morgan fingerprint density at radius 3 is 2.62 bits per heavy atom. The van der Waals surface area contributed by atoms with Crippen LogP contribution in [0.1, 0.15) is 50.3 Å². The summed E-state index contributed by atoms with van der Waals surface area (Å²) < 4.78 is 6.15.